The van der Waals surface area contributed by atoms with Crippen LogP contribution >= 0.6 is 0 Å². The third-order valence-electron chi connectivity index (χ3n) is 4.14. The Labute approximate surface area is 130 Å². The van der Waals surface area contributed by atoms with Crippen molar-refractivity contribution in [2.75, 3.05) is 26.2 Å². The van der Waals surface area contributed by atoms with Crippen LogP contribution in [0.3, 0.4) is 0 Å². The predicted molar refractivity (Wildman–Crippen MR) is 78.2 cm³/mol. The molecule has 2 amide bonds. The van der Waals surface area contributed by atoms with E-state index in [4.69, 9.17) is 9.84 Å². The molecule has 0 spiro atoms. The van der Waals surface area contributed by atoms with Crippen LogP contribution in [0.1, 0.15) is 39.0 Å². The maximum Gasteiger partial charge on any atom is 0.334 e. The van der Waals surface area contributed by atoms with Gasteiger partial charge in [0, 0.05) is 19.5 Å². The van der Waals surface area contributed by atoms with Crippen molar-refractivity contribution in [2.45, 2.75) is 51.2 Å². The monoisotopic (exact) mass is 312 g/mol. The molecule has 22 heavy (non-hydrogen) atoms. The van der Waals surface area contributed by atoms with Crippen molar-refractivity contribution in [1.82, 2.24) is 9.80 Å². The van der Waals surface area contributed by atoms with Gasteiger partial charge in [-0.25, -0.2) is 4.79 Å². The van der Waals surface area contributed by atoms with Crippen LogP contribution in [-0.4, -0.2) is 71.1 Å². The second kappa shape index (κ2) is 7.58. The summed E-state index contributed by atoms with van der Waals surface area (Å²) in [5.41, 5.74) is 0. The number of ether oxygens (including phenoxy) is 1. The molecule has 2 saturated heterocycles. The van der Waals surface area contributed by atoms with E-state index in [1.165, 1.54) is 4.90 Å². The number of carbonyl (C=O) groups is 3. The molecule has 2 heterocycles. The smallest absolute Gasteiger partial charge is 0.334 e. The molecule has 0 bridgehead atoms. The van der Waals surface area contributed by atoms with E-state index in [1.54, 1.807) is 11.8 Å². The summed E-state index contributed by atoms with van der Waals surface area (Å²) in [5.74, 6) is -1.24. The van der Waals surface area contributed by atoms with E-state index >= 15 is 0 Å². The van der Waals surface area contributed by atoms with E-state index in [0.717, 1.165) is 25.7 Å². The minimum atomic E-state index is -1.06. The second-order valence-corrected chi connectivity index (χ2v) is 6.05. The average molecular weight is 312 g/mol. The fourth-order valence-electron chi connectivity index (χ4n) is 2.94. The number of aliphatic carboxylic acids is 1. The Morgan fingerprint density at radius 2 is 1.95 bits per heavy atom. The number of nitrogens with zero attached hydrogens (tertiary/aromatic N) is 2. The average Bonchev–Trinajstić information content (AvgIpc) is 2.46. The van der Waals surface area contributed by atoms with E-state index in [2.05, 4.69) is 0 Å². The molecule has 0 saturated carbocycles. The summed E-state index contributed by atoms with van der Waals surface area (Å²) in [6.07, 6.45) is 3.11. The van der Waals surface area contributed by atoms with Crippen molar-refractivity contribution in [3.8, 4) is 0 Å². The van der Waals surface area contributed by atoms with Crippen LogP contribution in [0.25, 0.3) is 0 Å². The van der Waals surface area contributed by atoms with Crippen LogP contribution in [0.4, 0.5) is 0 Å². The van der Waals surface area contributed by atoms with Crippen LogP contribution in [0.15, 0.2) is 0 Å². The van der Waals surface area contributed by atoms with E-state index < -0.39 is 12.1 Å². The third-order valence-corrected chi connectivity index (χ3v) is 4.14. The van der Waals surface area contributed by atoms with Crippen LogP contribution in [0.2, 0.25) is 0 Å². The zero-order chi connectivity index (χ0) is 16.1. The van der Waals surface area contributed by atoms with Gasteiger partial charge in [0.15, 0.2) is 6.10 Å². The Kier molecular flexibility index (Phi) is 5.76. The first-order valence-corrected chi connectivity index (χ1v) is 7.91. The molecule has 0 aromatic heterocycles. The van der Waals surface area contributed by atoms with Gasteiger partial charge in [-0.1, -0.05) is 12.8 Å². The van der Waals surface area contributed by atoms with Crippen molar-refractivity contribution in [1.29, 1.82) is 0 Å². The van der Waals surface area contributed by atoms with E-state index in [0.29, 0.717) is 19.5 Å². The molecule has 2 atom stereocenters. The van der Waals surface area contributed by atoms with Crippen LogP contribution in [0, 0.1) is 0 Å². The lowest BCUT2D eigenvalue weighted by molar-refractivity contribution is -0.167. The maximum absolute atomic E-state index is 12.4. The quantitative estimate of drug-likeness (QED) is 0.819. The number of morpholine rings is 1. The normalized spacial score (nSPS) is 27.2. The second-order valence-electron chi connectivity index (χ2n) is 6.05. The largest absolute Gasteiger partial charge is 0.479 e. The maximum atomic E-state index is 12.4. The molecule has 2 aliphatic heterocycles. The van der Waals surface area contributed by atoms with E-state index in [1.807, 2.05) is 0 Å². The molecular formula is C15H24N2O5. The van der Waals surface area contributed by atoms with Crippen LogP contribution in [-0.2, 0) is 19.1 Å². The van der Waals surface area contributed by atoms with Gasteiger partial charge >= 0.3 is 5.97 Å². The number of amides is 2. The molecule has 7 nitrogen and oxygen atoms in total. The lowest BCUT2D eigenvalue weighted by Crippen LogP contribution is -2.54. The summed E-state index contributed by atoms with van der Waals surface area (Å²) < 4.78 is 5.30. The zero-order valence-electron chi connectivity index (χ0n) is 13.0. The Bertz CT molecular complexity index is 440. The van der Waals surface area contributed by atoms with Gasteiger partial charge in [-0.05, 0) is 19.8 Å². The van der Waals surface area contributed by atoms with Crippen LogP contribution in [0.5, 0.6) is 0 Å². The Morgan fingerprint density at radius 1 is 1.23 bits per heavy atom. The van der Waals surface area contributed by atoms with Crippen molar-refractivity contribution >= 4 is 17.8 Å². The molecule has 124 valence electrons. The SMILES string of the molecule is C[C@@H]1CN(C(=O)CN2CCCCCCC2=O)CC(C(=O)O)O1. The number of carbonyl (C=O) groups excluding carboxylic acids is 2. The molecule has 2 rings (SSSR count). The number of likely N-dealkylation sites (tertiary alicyclic amines) is 1. The molecule has 0 aromatic rings. The lowest BCUT2D eigenvalue weighted by atomic mass is 10.1. The molecule has 1 N–H and O–H groups in total. The first-order chi connectivity index (χ1) is 10.5. The molecule has 2 aliphatic rings. The topological polar surface area (TPSA) is 87.2 Å². The van der Waals surface area contributed by atoms with Crippen molar-refractivity contribution in [3.63, 3.8) is 0 Å². The zero-order valence-corrected chi connectivity index (χ0v) is 13.0. The Balaban J connectivity index is 1.94. The van der Waals surface area contributed by atoms with Crippen molar-refractivity contribution in [2.24, 2.45) is 0 Å². The summed E-state index contributed by atoms with van der Waals surface area (Å²) in [5, 5.41) is 9.06. The molecular weight excluding hydrogens is 288 g/mol. The van der Waals surface area contributed by atoms with Gasteiger partial charge in [-0.2, -0.15) is 0 Å². The molecule has 0 radical (unpaired) electrons. The van der Waals surface area contributed by atoms with Gasteiger partial charge in [-0.3, -0.25) is 9.59 Å². The third kappa shape index (κ3) is 4.43. The summed E-state index contributed by atoms with van der Waals surface area (Å²) in [6, 6.07) is 0. The number of carboxylic acid groups (broad SMARTS) is 1. The fourth-order valence-corrected chi connectivity index (χ4v) is 2.94. The number of carboxylic acids is 1. The fraction of sp³-hybridized carbons (Fsp3) is 0.800. The standard InChI is InChI=1S/C15H24N2O5/c1-11-8-17(9-12(22-11)15(20)21)14(19)10-16-7-5-3-2-4-6-13(16)18/h11-12H,2-10H2,1H3,(H,20,21)/t11-,12?/m1/s1. The summed E-state index contributed by atoms with van der Waals surface area (Å²) in [4.78, 5) is 38.6. The predicted octanol–water partition coefficient (Wildman–Crippen LogP) is 0.480. The van der Waals surface area contributed by atoms with Gasteiger partial charge in [0.1, 0.15) is 0 Å². The highest BCUT2D eigenvalue weighted by Gasteiger charge is 2.33. The number of rotatable bonds is 3. The minimum Gasteiger partial charge on any atom is -0.479 e. The highest BCUT2D eigenvalue weighted by Crippen LogP contribution is 2.14. The lowest BCUT2D eigenvalue weighted by Gasteiger charge is -2.36. The number of hydrogen-bond donors (Lipinski definition) is 1. The first-order valence-electron chi connectivity index (χ1n) is 7.91. The highest BCUT2D eigenvalue weighted by atomic mass is 16.5. The molecule has 0 aromatic carbocycles. The summed E-state index contributed by atoms with van der Waals surface area (Å²) in [7, 11) is 0. The Hall–Kier alpha value is -1.63. The summed E-state index contributed by atoms with van der Waals surface area (Å²) in [6.45, 7) is 2.80. The Morgan fingerprint density at radius 3 is 2.68 bits per heavy atom. The minimum absolute atomic E-state index is 0.0177. The van der Waals surface area contributed by atoms with Gasteiger partial charge in [0.25, 0.3) is 0 Å². The van der Waals surface area contributed by atoms with Gasteiger partial charge < -0.3 is 19.6 Å². The molecule has 1 unspecified atom stereocenters. The van der Waals surface area contributed by atoms with Gasteiger partial charge in [-0.15, -0.1) is 0 Å². The molecule has 7 heteroatoms. The number of hydrogen-bond acceptors (Lipinski definition) is 4. The first kappa shape index (κ1) is 16.7. The van der Waals surface area contributed by atoms with Gasteiger partial charge in [0.2, 0.25) is 11.8 Å². The van der Waals surface area contributed by atoms with Gasteiger partial charge in [0.05, 0.1) is 19.2 Å². The van der Waals surface area contributed by atoms with E-state index in [-0.39, 0.29) is 31.0 Å². The van der Waals surface area contributed by atoms with Crippen molar-refractivity contribution in [3.05, 3.63) is 0 Å². The molecule has 2 fully saturated rings. The highest BCUT2D eigenvalue weighted by molar-refractivity contribution is 5.85. The summed E-state index contributed by atoms with van der Waals surface area (Å²) >= 11 is 0. The van der Waals surface area contributed by atoms with Crippen LogP contribution < -0.4 is 0 Å². The molecule has 0 aliphatic carbocycles. The van der Waals surface area contributed by atoms with E-state index in [9.17, 15) is 14.4 Å². The van der Waals surface area contributed by atoms with Crippen molar-refractivity contribution < 1.29 is 24.2 Å².